The largest absolute Gasteiger partial charge is 0.469 e. The first-order chi connectivity index (χ1) is 9.81. The minimum absolute atomic E-state index is 0.247. The van der Waals surface area contributed by atoms with E-state index in [-0.39, 0.29) is 5.78 Å². The molecule has 100 valence electrons. The Morgan fingerprint density at radius 3 is 2.60 bits per heavy atom. The van der Waals surface area contributed by atoms with Crippen molar-refractivity contribution in [1.82, 2.24) is 0 Å². The number of furan rings is 1. The lowest BCUT2D eigenvalue weighted by molar-refractivity contribution is -0.118. The SMILES string of the molecule is O=C(CCc1ccco1)Cc1ccc2ccccc2c1. The van der Waals surface area contributed by atoms with Gasteiger partial charge in [0.05, 0.1) is 6.26 Å². The van der Waals surface area contributed by atoms with Crippen molar-refractivity contribution in [3.63, 3.8) is 0 Å². The van der Waals surface area contributed by atoms with Gasteiger partial charge in [0.2, 0.25) is 0 Å². The smallest absolute Gasteiger partial charge is 0.137 e. The number of hydrogen-bond donors (Lipinski definition) is 0. The van der Waals surface area contributed by atoms with Crippen molar-refractivity contribution in [3.05, 3.63) is 72.2 Å². The van der Waals surface area contributed by atoms with E-state index >= 15 is 0 Å². The Balaban J connectivity index is 1.65. The number of aryl methyl sites for hydroxylation is 1. The summed E-state index contributed by atoms with van der Waals surface area (Å²) in [5.74, 6) is 1.12. The molecule has 0 fully saturated rings. The predicted molar refractivity (Wildman–Crippen MR) is 79.7 cm³/mol. The first-order valence-electron chi connectivity index (χ1n) is 6.83. The minimum atomic E-state index is 0.247. The normalized spacial score (nSPS) is 10.8. The van der Waals surface area contributed by atoms with Gasteiger partial charge >= 0.3 is 0 Å². The van der Waals surface area contributed by atoms with E-state index in [9.17, 15) is 4.79 Å². The number of carbonyl (C=O) groups excluding carboxylic acids is 1. The fourth-order valence-electron chi connectivity index (χ4n) is 2.38. The molecule has 0 aliphatic rings. The maximum Gasteiger partial charge on any atom is 0.137 e. The highest BCUT2D eigenvalue weighted by Crippen LogP contribution is 2.16. The van der Waals surface area contributed by atoms with Crippen LogP contribution in [0.5, 0.6) is 0 Å². The maximum atomic E-state index is 12.0. The number of Topliss-reactive ketones (excluding diaryl/α,β-unsaturated/α-hetero) is 1. The van der Waals surface area contributed by atoms with Crippen LogP contribution < -0.4 is 0 Å². The standard InChI is InChI=1S/C18H16O2/c19-17(9-10-18-6-3-11-20-18)13-14-7-8-15-4-1-2-5-16(15)12-14/h1-8,11-12H,9-10,13H2. The molecule has 2 aromatic carbocycles. The van der Waals surface area contributed by atoms with Gasteiger partial charge in [0, 0.05) is 19.3 Å². The fraction of sp³-hybridized carbons (Fsp3) is 0.167. The predicted octanol–water partition coefficient (Wildman–Crippen LogP) is 4.18. The van der Waals surface area contributed by atoms with Crippen molar-refractivity contribution >= 4 is 16.6 Å². The van der Waals surface area contributed by atoms with Crippen LogP contribution in [0.15, 0.2) is 65.3 Å². The van der Waals surface area contributed by atoms with Crippen LogP contribution in [-0.2, 0) is 17.6 Å². The number of carbonyl (C=O) groups is 1. The summed E-state index contributed by atoms with van der Waals surface area (Å²) >= 11 is 0. The molecule has 0 spiro atoms. The van der Waals surface area contributed by atoms with E-state index in [1.54, 1.807) is 6.26 Å². The molecule has 0 saturated carbocycles. The molecule has 2 heteroatoms. The van der Waals surface area contributed by atoms with Crippen LogP contribution in [0.3, 0.4) is 0 Å². The summed E-state index contributed by atoms with van der Waals surface area (Å²) in [6.07, 6.45) is 3.34. The minimum Gasteiger partial charge on any atom is -0.469 e. The van der Waals surface area contributed by atoms with E-state index < -0.39 is 0 Å². The first-order valence-corrected chi connectivity index (χ1v) is 6.83. The molecule has 2 nitrogen and oxygen atoms in total. The third-order valence-corrected chi connectivity index (χ3v) is 3.45. The van der Waals surface area contributed by atoms with Crippen LogP contribution in [0.1, 0.15) is 17.7 Å². The van der Waals surface area contributed by atoms with Gasteiger partial charge in [-0.3, -0.25) is 4.79 Å². The van der Waals surface area contributed by atoms with Crippen molar-refractivity contribution in [3.8, 4) is 0 Å². The molecule has 0 aliphatic carbocycles. The number of benzene rings is 2. The van der Waals surface area contributed by atoms with Gasteiger partial charge in [-0.2, -0.15) is 0 Å². The molecular weight excluding hydrogens is 248 g/mol. The Bertz CT molecular complexity index is 711. The number of ketones is 1. The van der Waals surface area contributed by atoms with Crippen molar-refractivity contribution < 1.29 is 9.21 Å². The average molecular weight is 264 g/mol. The highest BCUT2D eigenvalue weighted by molar-refractivity contribution is 5.86. The average Bonchev–Trinajstić information content (AvgIpc) is 2.98. The van der Waals surface area contributed by atoms with E-state index in [0.717, 1.165) is 11.3 Å². The number of hydrogen-bond acceptors (Lipinski definition) is 2. The van der Waals surface area contributed by atoms with Gasteiger partial charge in [-0.15, -0.1) is 0 Å². The van der Waals surface area contributed by atoms with Crippen LogP contribution in [0.25, 0.3) is 10.8 Å². The first kappa shape index (κ1) is 12.7. The summed E-state index contributed by atoms with van der Waals surface area (Å²) in [5.41, 5.74) is 1.08. The van der Waals surface area contributed by atoms with E-state index in [2.05, 4.69) is 24.3 Å². The molecule has 0 unspecified atom stereocenters. The molecule has 0 atom stereocenters. The molecule has 0 bridgehead atoms. The lowest BCUT2D eigenvalue weighted by Crippen LogP contribution is -2.04. The lowest BCUT2D eigenvalue weighted by Gasteiger charge is -2.03. The number of rotatable bonds is 5. The molecule has 3 aromatic rings. The zero-order valence-corrected chi connectivity index (χ0v) is 11.2. The van der Waals surface area contributed by atoms with Crippen LogP contribution in [0.2, 0.25) is 0 Å². The van der Waals surface area contributed by atoms with Gasteiger partial charge in [0.25, 0.3) is 0 Å². The van der Waals surface area contributed by atoms with Gasteiger partial charge in [-0.25, -0.2) is 0 Å². The van der Waals surface area contributed by atoms with Gasteiger partial charge in [0.1, 0.15) is 11.5 Å². The Labute approximate surface area is 118 Å². The Kier molecular flexibility index (Phi) is 3.64. The van der Waals surface area contributed by atoms with Gasteiger partial charge in [-0.1, -0.05) is 42.5 Å². The quantitative estimate of drug-likeness (QED) is 0.692. The molecule has 0 amide bonds. The molecule has 1 heterocycles. The summed E-state index contributed by atoms with van der Waals surface area (Å²) < 4.78 is 5.24. The zero-order valence-electron chi connectivity index (χ0n) is 11.2. The summed E-state index contributed by atoms with van der Waals surface area (Å²) in [7, 11) is 0. The lowest BCUT2D eigenvalue weighted by atomic mass is 10.0. The second-order valence-electron chi connectivity index (χ2n) is 4.98. The van der Waals surface area contributed by atoms with E-state index in [1.165, 1.54) is 10.8 Å². The van der Waals surface area contributed by atoms with Crippen molar-refractivity contribution in [2.75, 3.05) is 0 Å². The highest BCUT2D eigenvalue weighted by atomic mass is 16.3. The van der Waals surface area contributed by atoms with Gasteiger partial charge < -0.3 is 4.42 Å². The van der Waals surface area contributed by atoms with Crippen LogP contribution >= 0.6 is 0 Å². The number of fused-ring (bicyclic) bond motifs is 1. The van der Waals surface area contributed by atoms with E-state index in [4.69, 9.17) is 4.42 Å². The molecule has 1 aromatic heterocycles. The molecule has 3 rings (SSSR count). The van der Waals surface area contributed by atoms with Gasteiger partial charge in [0.15, 0.2) is 0 Å². The summed E-state index contributed by atoms with van der Waals surface area (Å²) in [6, 6.07) is 18.2. The van der Waals surface area contributed by atoms with Crippen molar-refractivity contribution in [2.24, 2.45) is 0 Å². The van der Waals surface area contributed by atoms with Crippen LogP contribution in [0.4, 0.5) is 0 Å². The molecule has 0 N–H and O–H groups in total. The summed E-state index contributed by atoms with van der Waals surface area (Å²) in [6.45, 7) is 0. The molecule has 20 heavy (non-hydrogen) atoms. The molecule has 0 radical (unpaired) electrons. The third-order valence-electron chi connectivity index (χ3n) is 3.45. The van der Waals surface area contributed by atoms with Crippen molar-refractivity contribution in [2.45, 2.75) is 19.3 Å². The fourth-order valence-corrected chi connectivity index (χ4v) is 2.38. The van der Waals surface area contributed by atoms with E-state index in [1.807, 2.05) is 30.3 Å². The van der Waals surface area contributed by atoms with Crippen LogP contribution in [-0.4, -0.2) is 5.78 Å². The maximum absolute atomic E-state index is 12.0. The Morgan fingerprint density at radius 2 is 1.80 bits per heavy atom. The van der Waals surface area contributed by atoms with Gasteiger partial charge in [-0.05, 0) is 28.5 Å². The third kappa shape index (κ3) is 2.97. The molecule has 0 aliphatic heterocycles. The van der Waals surface area contributed by atoms with E-state index in [0.29, 0.717) is 19.3 Å². The topological polar surface area (TPSA) is 30.2 Å². The van der Waals surface area contributed by atoms with Crippen LogP contribution in [0, 0.1) is 0 Å². The second kappa shape index (κ2) is 5.74. The monoisotopic (exact) mass is 264 g/mol. The summed E-state index contributed by atoms with van der Waals surface area (Å²) in [5, 5.41) is 2.39. The highest BCUT2D eigenvalue weighted by Gasteiger charge is 2.06. The Hall–Kier alpha value is -2.35. The summed E-state index contributed by atoms with van der Waals surface area (Å²) in [4.78, 5) is 12.0. The van der Waals surface area contributed by atoms with Crippen molar-refractivity contribution in [1.29, 1.82) is 0 Å². The Morgan fingerprint density at radius 1 is 0.950 bits per heavy atom. The zero-order chi connectivity index (χ0) is 13.8. The molecule has 0 saturated heterocycles. The molecular formula is C18H16O2. The second-order valence-corrected chi connectivity index (χ2v) is 4.98.